The Labute approximate surface area is 158 Å². The van der Waals surface area contributed by atoms with E-state index < -0.39 is 0 Å². The van der Waals surface area contributed by atoms with Crippen LogP contribution in [0.25, 0.3) is 0 Å². The van der Waals surface area contributed by atoms with Crippen molar-refractivity contribution in [1.29, 1.82) is 0 Å². The van der Waals surface area contributed by atoms with Gasteiger partial charge in [0.15, 0.2) is 16.7 Å². The number of rotatable bonds is 5. The fourth-order valence-electron chi connectivity index (χ4n) is 3.38. The van der Waals surface area contributed by atoms with E-state index in [1.165, 1.54) is 0 Å². The number of benzene rings is 1. The quantitative estimate of drug-likeness (QED) is 0.639. The highest BCUT2D eigenvalue weighted by Crippen LogP contribution is 2.30. The van der Waals surface area contributed by atoms with E-state index in [4.69, 9.17) is 9.47 Å². The average Bonchev–Trinajstić information content (AvgIpc) is 2.72. The smallest absolute Gasteiger partial charge is 0.189 e. The van der Waals surface area contributed by atoms with Gasteiger partial charge in [-0.2, -0.15) is 0 Å². The van der Waals surface area contributed by atoms with Gasteiger partial charge >= 0.3 is 0 Å². The highest BCUT2D eigenvalue weighted by atomic mass is 32.2. The van der Waals surface area contributed by atoms with Crippen LogP contribution in [0.3, 0.4) is 0 Å². The monoisotopic (exact) mass is 372 g/mol. The molecule has 6 nitrogen and oxygen atoms in total. The number of hydrogen-bond donors (Lipinski definition) is 1. The predicted molar refractivity (Wildman–Crippen MR) is 103 cm³/mol. The van der Waals surface area contributed by atoms with Gasteiger partial charge in [0.05, 0.1) is 0 Å². The molecule has 1 aromatic carbocycles. The van der Waals surface area contributed by atoms with E-state index in [9.17, 15) is 0 Å². The number of thioether (sulfide) groups is 1. The number of fused-ring (bicyclic) bond motifs is 1. The van der Waals surface area contributed by atoms with E-state index in [0.29, 0.717) is 12.6 Å². The molecule has 3 heterocycles. The molecule has 1 fully saturated rings. The number of ether oxygens (including phenoxy) is 2. The summed E-state index contributed by atoms with van der Waals surface area (Å²) in [6, 6.07) is 10.4. The second-order valence-electron chi connectivity index (χ2n) is 6.57. The Hall–Kier alpha value is -1.99. The second kappa shape index (κ2) is 8.14. The number of hydrogen-bond acceptors (Lipinski definition) is 7. The molecule has 2 aromatic rings. The Bertz CT molecular complexity index is 737. The molecular weight excluding hydrogens is 348 g/mol. The van der Waals surface area contributed by atoms with Gasteiger partial charge in [0.1, 0.15) is 18.5 Å². The predicted octanol–water partition coefficient (Wildman–Crippen LogP) is 2.60. The summed E-state index contributed by atoms with van der Waals surface area (Å²) in [6.07, 6.45) is 6.11. The second-order valence-corrected chi connectivity index (χ2v) is 7.34. The lowest BCUT2D eigenvalue weighted by molar-refractivity contribution is 0.0873. The fraction of sp³-hybridized carbons (Fsp3) is 0.474. The van der Waals surface area contributed by atoms with Crippen molar-refractivity contribution in [2.45, 2.75) is 30.1 Å². The van der Waals surface area contributed by atoms with E-state index in [2.05, 4.69) is 20.2 Å². The number of piperidine rings is 1. The zero-order chi connectivity index (χ0) is 17.8. The van der Waals surface area contributed by atoms with Crippen LogP contribution in [-0.2, 0) is 0 Å². The van der Waals surface area contributed by atoms with E-state index in [1.54, 1.807) is 11.8 Å². The molecule has 26 heavy (non-hydrogen) atoms. The van der Waals surface area contributed by atoms with Crippen molar-refractivity contribution in [2.24, 2.45) is 0 Å². The number of aromatic nitrogens is 2. The van der Waals surface area contributed by atoms with Crippen LogP contribution in [0, 0.1) is 0 Å². The minimum Gasteiger partial charge on any atom is -0.486 e. The Morgan fingerprint density at radius 1 is 1.19 bits per heavy atom. The molecule has 1 atom stereocenters. The zero-order valence-corrected chi connectivity index (χ0v) is 15.7. The van der Waals surface area contributed by atoms with Crippen LogP contribution in [0.5, 0.6) is 11.5 Å². The molecule has 0 saturated carbocycles. The van der Waals surface area contributed by atoms with Crippen molar-refractivity contribution in [3.8, 4) is 11.5 Å². The molecule has 1 aromatic heterocycles. The summed E-state index contributed by atoms with van der Waals surface area (Å²) in [4.78, 5) is 11.2. The van der Waals surface area contributed by atoms with Crippen LogP contribution in [0.4, 0.5) is 5.82 Å². The van der Waals surface area contributed by atoms with Crippen molar-refractivity contribution in [2.75, 3.05) is 37.4 Å². The van der Waals surface area contributed by atoms with Crippen LogP contribution in [0.2, 0.25) is 0 Å². The first-order chi connectivity index (χ1) is 12.8. The lowest BCUT2D eigenvalue weighted by Gasteiger charge is -2.34. The Kier molecular flexibility index (Phi) is 5.45. The summed E-state index contributed by atoms with van der Waals surface area (Å²) >= 11 is 1.58. The minimum atomic E-state index is 0.0638. The molecule has 0 aliphatic carbocycles. The molecule has 138 valence electrons. The molecule has 2 aliphatic rings. The number of anilines is 1. The van der Waals surface area contributed by atoms with Gasteiger partial charge in [0, 0.05) is 31.9 Å². The summed E-state index contributed by atoms with van der Waals surface area (Å²) in [5.41, 5.74) is 0. The molecule has 0 spiro atoms. The SMILES string of the molecule is CSc1nccc(N2CCC(NC[C@H]3COc4ccccc4O3)CC2)n1. The summed E-state index contributed by atoms with van der Waals surface area (Å²) in [7, 11) is 0. The van der Waals surface area contributed by atoms with Gasteiger partial charge in [-0.25, -0.2) is 9.97 Å². The van der Waals surface area contributed by atoms with E-state index >= 15 is 0 Å². The van der Waals surface area contributed by atoms with Gasteiger partial charge in [-0.1, -0.05) is 23.9 Å². The minimum absolute atomic E-state index is 0.0638. The topological polar surface area (TPSA) is 59.5 Å². The van der Waals surface area contributed by atoms with Gasteiger partial charge in [-0.15, -0.1) is 0 Å². The first kappa shape index (κ1) is 17.4. The van der Waals surface area contributed by atoms with Crippen molar-refractivity contribution in [1.82, 2.24) is 15.3 Å². The van der Waals surface area contributed by atoms with E-state index in [1.807, 2.05) is 42.8 Å². The van der Waals surface area contributed by atoms with Crippen LogP contribution >= 0.6 is 11.8 Å². The van der Waals surface area contributed by atoms with Crippen LogP contribution < -0.4 is 19.7 Å². The van der Waals surface area contributed by atoms with Crippen molar-refractivity contribution in [3.63, 3.8) is 0 Å². The largest absolute Gasteiger partial charge is 0.486 e. The molecule has 7 heteroatoms. The summed E-state index contributed by atoms with van der Waals surface area (Å²) in [5, 5.41) is 4.48. The van der Waals surface area contributed by atoms with Gasteiger partial charge in [0.25, 0.3) is 0 Å². The zero-order valence-electron chi connectivity index (χ0n) is 14.9. The molecule has 0 radical (unpaired) electrons. The molecule has 0 bridgehead atoms. The average molecular weight is 372 g/mol. The van der Waals surface area contributed by atoms with Crippen LogP contribution in [0.15, 0.2) is 41.7 Å². The third-order valence-electron chi connectivity index (χ3n) is 4.82. The molecule has 4 rings (SSSR count). The fourth-order valence-corrected chi connectivity index (χ4v) is 3.73. The lowest BCUT2D eigenvalue weighted by Crippen LogP contribution is -2.47. The summed E-state index contributed by atoms with van der Waals surface area (Å²) in [5.74, 6) is 2.71. The maximum Gasteiger partial charge on any atom is 0.189 e. The Morgan fingerprint density at radius 3 is 2.81 bits per heavy atom. The third kappa shape index (κ3) is 4.04. The first-order valence-corrected chi connectivity index (χ1v) is 10.3. The summed E-state index contributed by atoms with van der Waals surface area (Å²) in [6.45, 7) is 3.42. The normalized spacial score (nSPS) is 20.2. The molecule has 0 amide bonds. The maximum absolute atomic E-state index is 6.02. The molecule has 1 saturated heterocycles. The number of para-hydroxylation sites is 2. The number of nitrogens with one attached hydrogen (secondary N) is 1. The Balaban J connectivity index is 1.24. The van der Waals surface area contributed by atoms with Gasteiger partial charge in [-0.3, -0.25) is 0 Å². The molecule has 0 unspecified atom stereocenters. The highest BCUT2D eigenvalue weighted by Gasteiger charge is 2.24. The summed E-state index contributed by atoms with van der Waals surface area (Å²) < 4.78 is 11.8. The van der Waals surface area contributed by atoms with Gasteiger partial charge < -0.3 is 19.7 Å². The highest BCUT2D eigenvalue weighted by molar-refractivity contribution is 7.98. The van der Waals surface area contributed by atoms with Crippen molar-refractivity contribution >= 4 is 17.6 Å². The standard InChI is InChI=1S/C19H24N4O2S/c1-26-19-20-9-6-18(22-19)23-10-7-14(8-11-23)21-12-15-13-24-16-4-2-3-5-17(16)25-15/h2-6,9,14-15,21H,7-8,10-13H2,1H3/t15-/m0/s1. The number of nitrogens with zero attached hydrogens (tertiary/aromatic N) is 3. The third-order valence-corrected chi connectivity index (χ3v) is 5.38. The lowest BCUT2D eigenvalue weighted by atomic mass is 10.0. The van der Waals surface area contributed by atoms with Crippen LogP contribution in [0.1, 0.15) is 12.8 Å². The van der Waals surface area contributed by atoms with Crippen LogP contribution in [-0.4, -0.2) is 54.6 Å². The van der Waals surface area contributed by atoms with Gasteiger partial charge in [0.2, 0.25) is 0 Å². The molecule has 2 aliphatic heterocycles. The maximum atomic E-state index is 6.02. The molecular formula is C19H24N4O2S. The van der Waals surface area contributed by atoms with E-state index in [0.717, 1.165) is 54.9 Å². The van der Waals surface area contributed by atoms with Crippen molar-refractivity contribution < 1.29 is 9.47 Å². The first-order valence-electron chi connectivity index (χ1n) is 9.05. The Morgan fingerprint density at radius 2 is 2.00 bits per heavy atom. The van der Waals surface area contributed by atoms with Gasteiger partial charge in [-0.05, 0) is 37.3 Å². The molecule has 1 N–H and O–H groups in total. The van der Waals surface area contributed by atoms with Crippen molar-refractivity contribution in [3.05, 3.63) is 36.5 Å². The van der Waals surface area contributed by atoms with E-state index in [-0.39, 0.29) is 6.10 Å².